The Balaban J connectivity index is 1.03. The van der Waals surface area contributed by atoms with Gasteiger partial charge in [-0.25, -0.2) is 0 Å². The second-order valence-corrected chi connectivity index (χ2v) is 17.0. The van der Waals surface area contributed by atoms with Gasteiger partial charge >= 0.3 is 0 Å². The van der Waals surface area contributed by atoms with Crippen molar-refractivity contribution in [3.05, 3.63) is 252 Å². The zero-order valence-electron chi connectivity index (χ0n) is 38.1. The molecule has 4 nitrogen and oxygen atoms in total. The van der Waals surface area contributed by atoms with E-state index in [0.717, 1.165) is 96.5 Å². The average Bonchev–Trinajstić information content (AvgIpc) is 3.41. The molecule has 0 heterocycles. The standard InChI is InChI=1S/C64H48N4/c1-3-45-28-37-62(60(39-45)51-13-7-5-8-14-51)67(55-33-24-49(43-65)25-34-55)54-31-22-47(23-32-54)19-20-48-21-30-53-42-64(58-18-12-11-17-57(58)59(53)41-48)68(56-35-26-50(44-66)27-36-56)63-38-29-46(4-2)40-61(63)52-15-9-6-10-16-52/h5-42H,3-4H2,1-2H3/b20-19+. The smallest absolute Gasteiger partial charge is 0.0991 e. The largest absolute Gasteiger partial charge is 0.310 e. The van der Waals surface area contributed by atoms with E-state index in [1.54, 1.807) is 0 Å². The van der Waals surface area contributed by atoms with Gasteiger partial charge in [-0.1, -0.05) is 147 Å². The Morgan fingerprint density at radius 1 is 0.382 bits per heavy atom. The second-order valence-electron chi connectivity index (χ2n) is 17.0. The lowest BCUT2D eigenvalue weighted by atomic mass is 9.95. The van der Waals surface area contributed by atoms with Gasteiger partial charge in [0.25, 0.3) is 0 Å². The SMILES string of the molecule is CCc1ccc(N(c2ccc(C#N)cc2)c2ccc(/C=C/c3ccc4cc(N(c5ccc(C#N)cc5)c5ccc(CC)cc5-c5ccccc5)c5ccccc5c4c3)cc2)c(-c2ccccc2)c1. The maximum Gasteiger partial charge on any atom is 0.0991 e. The van der Waals surface area contributed by atoms with Gasteiger partial charge < -0.3 is 9.80 Å². The van der Waals surface area contributed by atoms with Gasteiger partial charge in [0.05, 0.1) is 40.3 Å². The minimum atomic E-state index is 0.623. The van der Waals surface area contributed by atoms with E-state index in [-0.39, 0.29) is 0 Å². The average molecular weight is 873 g/mol. The zero-order chi connectivity index (χ0) is 46.4. The summed E-state index contributed by atoms with van der Waals surface area (Å²) in [6.07, 6.45) is 6.24. The van der Waals surface area contributed by atoms with Crippen LogP contribution in [0.5, 0.6) is 0 Å². The van der Waals surface area contributed by atoms with Crippen LogP contribution < -0.4 is 9.80 Å². The third-order valence-corrected chi connectivity index (χ3v) is 12.8. The maximum atomic E-state index is 9.74. The Labute approximate surface area is 399 Å². The van der Waals surface area contributed by atoms with Crippen LogP contribution in [0.2, 0.25) is 0 Å². The number of nitrogens with zero attached hydrogens (tertiary/aromatic N) is 4. The number of anilines is 6. The predicted molar refractivity (Wildman–Crippen MR) is 285 cm³/mol. The van der Waals surface area contributed by atoms with Gasteiger partial charge in [0.1, 0.15) is 0 Å². The van der Waals surface area contributed by atoms with Gasteiger partial charge in [-0.2, -0.15) is 10.5 Å². The van der Waals surface area contributed by atoms with Crippen molar-refractivity contribution >= 4 is 67.8 Å². The summed E-state index contributed by atoms with van der Waals surface area (Å²) in [7, 11) is 0. The van der Waals surface area contributed by atoms with E-state index < -0.39 is 0 Å². The van der Waals surface area contributed by atoms with E-state index in [9.17, 15) is 10.5 Å². The molecule has 10 rings (SSSR count). The highest BCUT2D eigenvalue weighted by Crippen LogP contribution is 2.46. The monoisotopic (exact) mass is 872 g/mol. The number of fused-ring (bicyclic) bond motifs is 3. The van der Waals surface area contributed by atoms with Gasteiger partial charge in [0, 0.05) is 33.6 Å². The van der Waals surface area contributed by atoms with E-state index in [2.05, 4.69) is 230 Å². The first kappa shape index (κ1) is 43.0. The van der Waals surface area contributed by atoms with E-state index in [1.165, 1.54) is 16.5 Å². The number of aryl methyl sites for hydroxylation is 2. The molecular formula is C64H48N4. The maximum absolute atomic E-state index is 9.74. The van der Waals surface area contributed by atoms with E-state index >= 15 is 0 Å². The predicted octanol–water partition coefficient (Wildman–Crippen LogP) is 17.3. The number of rotatable bonds is 12. The Morgan fingerprint density at radius 2 is 0.838 bits per heavy atom. The lowest BCUT2D eigenvalue weighted by Gasteiger charge is -2.30. The van der Waals surface area contributed by atoms with Crippen molar-refractivity contribution in [2.45, 2.75) is 26.7 Å². The van der Waals surface area contributed by atoms with Crippen molar-refractivity contribution in [2.24, 2.45) is 0 Å². The van der Waals surface area contributed by atoms with Crippen LogP contribution in [0.15, 0.2) is 218 Å². The summed E-state index contributed by atoms with van der Waals surface area (Å²) in [5.74, 6) is 0. The molecule has 0 aliphatic rings. The third kappa shape index (κ3) is 8.63. The molecular weight excluding hydrogens is 825 g/mol. The van der Waals surface area contributed by atoms with Crippen molar-refractivity contribution in [3.63, 3.8) is 0 Å². The molecule has 10 aromatic carbocycles. The summed E-state index contributed by atoms with van der Waals surface area (Å²) >= 11 is 0. The summed E-state index contributed by atoms with van der Waals surface area (Å²) in [6, 6.07) is 81.4. The van der Waals surface area contributed by atoms with E-state index in [0.29, 0.717) is 11.1 Å². The van der Waals surface area contributed by atoms with Crippen LogP contribution >= 0.6 is 0 Å². The second kappa shape index (κ2) is 19.3. The van der Waals surface area contributed by atoms with Crippen molar-refractivity contribution < 1.29 is 0 Å². The topological polar surface area (TPSA) is 54.1 Å². The molecule has 0 aliphatic carbocycles. The van der Waals surface area contributed by atoms with Crippen LogP contribution in [0.3, 0.4) is 0 Å². The molecule has 0 N–H and O–H groups in total. The Morgan fingerprint density at radius 3 is 1.37 bits per heavy atom. The molecule has 0 bridgehead atoms. The third-order valence-electron chi connectivity index (χ3n) is 12.8. The highest BCUT2D eigenvalue weighted by Gasteiger charge is 2.22. The minimum Gasteiger partial charge on any atom is -0.310 e. The molecule has 4 heteroatoms. The van der Waals surface area contributed by atoms with Crippen LogP contribution in [0.25, 0.3) is 56.0 Å². The zero-order valence-corrected chi connectivity index (χ0v) is 38.1. The van der Waals surface area contributed by atoms with Crippen LogP contribution in [0.1, 0.15) is 47.2 Å². The molecule has 68 heavy (non-hydrogen) atoms. The first-order chi connectivity index (χ1) is 33.5. The summed E-state index contributed by atoms with van der Waals surface area (Å²) in [4.78, 5) is 4.64. The fourth-order valence-electron chi connectivity index (χ4n) is 9.21. The van der Waals surface area contributed by atoms with Gasteiger partial charge in [0.15, 0.2) is 0 Å². The molecule has 0 unspecified atom stereocenters. The quantitative estimate of drug-likeness (QED) is 0.0906. The lowest BCUT2D eigenvalue weighted by Crippen LogP contribution is -2.12. The number of hydrogen-bond donors (Lipinski definition) is 0. The molecule has 0 spiro atoms. The number of hydrogen-bond acceptors (Lipinski definition) is 4. The van der Waals surface area contributed by atoms with Crippen molar-refractivity contribution in [3.8, 4) is 34.4 Å². The molecule has 10 aromatic rings. The van der Waals surface area contributed by atoms with Crippen molar-refractivity contribution in [1.82, 2.24) is 0 Å². The highest BCUT2D eigenvalue weighted by molar-refractivity contribution is 6.15. The van der Waals surface area contributed by atoms with E-state index in [1.807, 2.05) is 36.4 Å². The Hall–Kier alpha value is -8.96. The molecule has 0 aliphatic heterocycles. The van der Waals surface area contributed by atoms with Crippen molar-refractivity contribution in [1.29, 1.82) is 10.5 Å². The molecule has 0 atom stereocenters. The van der Waals surface area contributed by atoms with Crippen molar-refractivity contribution in [2.75, 3.05) is 9.80 Å². The number of benzene rings is 10. The number of nitriles is 2. The van der Waals surface area contributed by atoms with Gasteiger partial charge in [-0.05, 0) is 159 Å². The van der Waals surface area contributed by atoms with Gasteiger partial charge in [-0.3, -0.25) is 0 Å². The molecule has 0 amide bonds. The molecule has 0 aromatic heterocycles. The summed E-state index contributed by atoms with van der Waals surface area (Å²) in [6.45, 7) is 4.38. The minimum absolute atomic E-state index is 0.623. The fraction of sp³-hybridized carbons (Fsp3) is 0.0625. The van der Waals surface area contributed by atoms with Gasteiger partial charge in [0.2, 0.25) is 0 Å². The van der Waals surface area contributed by atoms with Crippen LogP contribution in [-0.4, -0.2) is 0 Å². The highest BCUT2D eigenvalue weighted by atomic mass is 15.2. The summed E-state index contributed by atoms with van der Waals surface area (Å²) < 4.78 is 0. The normalized spacial score (nSPS) is 11.1. The summed E-state index contributed by atoms with van der Waals surface area (Å²) in [5, 5.41) is 24.0. The van der Waals surface area contributed by atoms with Crippen LogP contribution in [-0.2, 0) is 12.8 Å². The van der Waals surface area contributed by atoms with E-state index in [4.69, 9.17) is 0 Å². The Kier molecular flexibility index (Phi) is 12.2. The first-order valence-corrected chi connectivity index (χ1v) is 23.2. The van der Waals surface area contributed by atoms with Gasteiger partial charge in [-0.15, -0.1) is 0 Å². The summed E-state index contributed by atoms with van der Waals surface area (Å²) in [5.41, 5.74) is 16.8. The fourth-order valence-corrected chi connectivity index (χ4v) is 9.21. The molecule has 0 fully saturated rings. The first-order valence-electron chi connectivity index (χ1n) is 23.2. The molecule has 0 saturated carbocycles. The Bertz CT molecular complexity index is 3520. The lowest BCUT2D eigenvalue weighted by molar-refractivity contribution is 1.14. The molecule has 0 radical (unpaired) electrons. The van der Waals surface area contributed by atoms with Crippen LogP contribution in [0.4, 0.5) is 34.1 Å². The molecule has 324 valence electrons. The van der Waals surface area contributed by atoms with Crippen LogP contribution in [0, 0.1) is 22.7 Å². The molecule has 0 saturated heterocycles.